The third-order valence-corrected chi connectivity index (χ3v) is 2.66. The minimum absolute atomic E-state index is 0.190. The zero-order valence-electron chi connectivity index (χ0n) is 12.0. The van der Waals surface area contributed by atoms with Crippen molar-refractivity contribution in [1.29, 1.82) is 5.26 Å². The van der Waals surface area contributed by atoms with Crippen LogP contribution in [0.3, 0.4) is 0 Å². The fourth-order valence-corrected chi connectivity index (χ4v) is 1.56. The van der Waals surface area contributed by atoms with E-state index in [0.717, 1.165) is 0 Å². The zero-order chi connectivity index (χ0) is 15.0. The Morgan fingerprint density at radius 3 is 2.60 bits per heavy atom. The second-order valence-corrected chi connectivity index (χ2v) is 4.36. The first-order valence-corrected chi connectivity index (χ1v) is 6.26. The predicted octanol–water partition coefficient (Wildman–Crippen LogP) is 0.545. The predicted molar refractivity (Wildman–Crippen MR) is 74.4 cm³/mol. The van der Waals surface area contributed by atoms with Gasteiger partial charge in [-0.3, -0.25) is 4.79 Å². The zero-order valence-corrected chi connectivity index (χ0v) is 12.0. The largest absolute Gasteiger partial charge is 0.383 e. The number of anilines is 1. The molecule has 108 valence electrons. The van der Waals surface area contributed by atoms with Crippen LogP contribution >= 0.6 is 0 Å². The first-order chi connectivity index (χ1) is 9.60. The van der Waals surface area contributed by atoms with E-state index < -0.39 is 0 Å². The van der Waals surface area contributed by atoms with Gasteiger partial charge in [0.25, 0.3) is 5.91 Å². The Bertz CT molecular complexity index is 467. The number of rotatable bonds is 7. The van der Waals surface area contributed by atoms with E-state index in [1.165, 1.54) is 4.90 Å². The average Bonchev–Trinajstić information content (AvgIpc) is 2.47. The Kier molecular flexibility index (Phi) is 6.40. The number of amides is 1. The van der Waals surface area contributed by atoms with Crippen LogP contribution in [0.1, 0.15) is 16.9 Å². The van der Waals surface area contributed by atoms with Gasteiger partial charge in [-0.05, 0) is 12.1 Å². The molecule has 0 aliphatic carbocycles. The van der Waals surface area contributed by atoms with Gasteiger partial charge in [-0.2, -0.15) is 5.26 Å². The van der Waals surface area contributed by atoms with E-state index in [0.29, 0.717) is 37.6 Å². The van der Waals surface area contributed by atoms with Gasteiger partial charge in [0.2, 0.25) is 0 Å². The summed E-state index contributed by atoms with van der Waals surface area (Å²) in [5, 5.41) is 16.7. The van der Waals surface area contributed by atoms with E-state index >= 15 is 0 Å². The van der Waals surface area contributed by atoms with Crippen molar-refractivity contribution in [1.82, 2.24) is 15.1 Å². The molecule has 0 bridgehead atoms. The van der Waals surface area contributed by atoms with Gasteiger partial charge in [-0.15, -0.1) is 10.2 Å². The molecule has 0 atom stereocenters. The second-order valence-electron chi connectivity index (χ2n) is 4.36. The summed E-state index contributed by atoms with van der Waals surface area (Å²) in [6, 6.07) is 5.47. The highest BCUT2D eigenvalue weighted by molar-refractivity contribution is 5.91. The Labute approximate surface area is 118 Å². The molecule has 20 heavy (non-hydrogen) atoms. The van der Waals surface area contributed by atoms with Crippen LogP contribution in [0.4, 0.5) is 5.82 Å². The first-order valence-electron chi connectivity index (χ1n) is 6.26. The van der Waals surface area contributed by atoms with E-state index in [-0.39, 0.29) is 5.91 Å². The fourth-order valence-electron chi connectivity index (χ4n) is 1.56. The van der Waals surface area contributed by atoms with Crippen LogP contribution in [0.5, 0.6) is 0 Å². The summed E-state index contributed by atoms with van der Waals surface area (Å²) >= 11 is 0. The van der Waals surface area contributed by atoms with Gasteiger partial charge in [0.1, 0.15) is 0 Å². The van der Waals surface area contributed by atoms with Gasteiger partial charge in [0.05, 0.1) is 19.1 Å². The Hall–Kier alpha value is -2.20. The molecule has 0 aromatic carbocycles. The van der Waals surface area contributed by atoms with Gasteiger partial charge < -0.3 is 14.5 Å². The normalized spacial score (nSPS) is 9.90. The Morgan fingerprint density at radius 1 is 1.35 bits per heavy atom. The standard InChI is InChI=1S/C13H19N5O2/c1-17(2)13(19)11-5-6-12(16-15-11)18(8-4-7-14)9-10-20-3/h5-6H,4,8-10H2,1-3H3. The van der Waals surface area contributed by atoms with Gasteiger partial charge in [-0.25, -0.2) is 0 Å². The molecule has 0 N–H and O–H groups in total. The molecule has 0 spiro atoms. The lowest BCUT2D eigenvalue weighted by Gasteiger charge is -2.21. The van der Waals surface area contributed by atoms with Crippen LogP contribution in [0.15, 0.2) is 12.1 Å². The SMILES string of the molecule is COCCN(CCC#N)c1ccc(C(=O)N(C)C)nn1. The number of carbonyl (C=O) groups is 1. The average molecular weight is 277 g/mol. The van der Waals surface area contributed by atoms with Crippen LogP contribution in [-0.2, 0) is 4.74 Å². The van der Waals surface area contributed by atoms with Crippen LogP contribution in [-0.4, -0.2) is 61.9 Å². The Morgan fingerprint density at radius 2 is 2.10 bits per heavy atom. The topological polar surface area (TPSA) is 82.4 Å². The van der Waals surface area contributed by atoms with Crippen molar-refractivity contribution in [2.24, 2.45) is 0 Å². The third-order valence-electron chi connectivity index (χ3n) is 2.66. The number of nitriles is 1. The quantitative estimate of drug-likeness (QED) is 0.723. The molecule has 0 aliphatic rings. The van der Waals surface area contributed by atoms with Crippen LogP contribution in [0, 0.1) is 11.3 Å². The number of carbonyl (C=O) groups excluding carboxylic acids is 1. The summed E-state index contributed by atoms with van der Waals surface area (Å²) in [7, 11) is 4.94. The highest BCUT2D eigenvalue weighted by atomic mass is 16.5. The number of aromatic nitrogens is 2. The number of hydrogen-bond acceptors (Lipinski definition) is 6. The summed E-state index contributed by atoms with van der Waals surface area (Å²) in [4.78, 5) is 15.1. The Balaban J connectivity index is 2.81. The van der Waals surface area contributed by atoms with Crippen LogP contribution in [0.25, 0.3) is 0 Å². The molecule has 0 saturated carbocycles. The smallest absolute Gasteiger partial charge is 0.273 e. The van der Waals surface area contributed by atoms with Gasteiger partial charge in [0, 0.05) is 34.3 Å². The summed E-state index contributed by atoms with van der Waals surface area (Å²) in [5.74, 6) is 0.442. The van der Waals surface area contributed by atoms with Gasteiger partial charge >= 0.3 is 0 Å². The second kappa shape index (κ2) is 8.07. The van der Waals surface area contributed by atoms with E-state index in [1.807, 2.05) is 4.90 Å². The molecule has 1 rings (SSSR count). The highest BCUT2D eigenvalue weighted by Crippen LogP contribution is 2.10. The van der Waals surface area contributed by atoms with E-state index in [9.17, 15) is 4.79 Å². The molecular weight excluding hydrogens is 258 g/mol. The fraction of sp³-hybridized carbons (Fsp3) is 0.538. The van der Waals surface area contributed by atoms with Crippen molar-refractivity contribution < 1.29 is 9.53 Å². The lowest BCUT2D eigenvalue weighted by Crippen LogP contribution is -2.30. The molecule has 7 nitrogen and oxygen atoms in total. The number of nitrogens with zero attached hydrogens (tertiary/aromatic N) is 5. The third kappa shape index (κ3) is 4.48. The maximum absolute atomic E-state index is 11.7. The molecule has 7 heteroatoms. The molecule has 0 aliphatic heterocycles. The number of ether oxygens (including phenoxy) is 1. The van der Waals surface area contributed by atoms with Crippen molar-refractivity contribution in [2.45, 2.75) is 6.42 Å². The maximum atomic E-state index is 11.7. The van der Waals surface area contributed by atoms with Crippen molar-refractivity contribution >= 4 is 11.7 Å². The molecule has 1 aromatic rings. The lowest BCUT2D eigenvalue weighted by atomic mass is 10.3. The molecule has 1 aromatic heterocycles. The molecule has 0 saturated heterocycles. The van der Waals surface area contributed by atoms with Crippen molar-refractivity contribution in [3.05, 3.63) is 17.8 Å². The van der Waals surface area contributed by atoms with E-state index in [1.54, 1.807) is 33.3 Å². The van der Waals surface area contributed by atoms with Gasteiger partial charge in [0.15, 0.2) is 11.5 Å². The molecule has 0 fully saturated rings. The summed E-state index contributed by atoms with van der Waals surface area (Å²) < 4.78 is 5.03. The van der Waals surface area contributed by atoms with E-state index in [2.05, 4.69) is 16.3 Å². The molecule has 1 heterocycles. The monoisotopic (exact) mass is 277 g/mol. The summed E-state index contributed by atoms with van der Waals surface area (Å²) in [6.07, 6.45) is 0.393. The minimum atomic E-state index is -0.190. The minimum Gasteiger partial charge on any atom is -0.383 e. The lowest BCUT2D eigenvalue weighted by molar-refractivity contribution is 0.0821. The maximum Gasteiger partial charge on any atom is 0.273 e. The van der Waals surface area contributed by atoms with Gasteiger partial charge in [-0.1, -0.05) is 0 Å². The number of hydrogen-bond donors (Lipinski definition) is 0. The summed E-state index contributed by atoms with van der Waals surface area (Å²) in [5.41, 5.74) is 0.297. The van der Waals surface area contributed by atoms with Crippen LogP contribution < -0.4 is 4.90 Å². The van der Waals surface area contributed by atoms with Crippen molar-refractivity contribution in [2.75, 3.05) is 45.8 Å². The molecule has 0 unspecified atom stereocenters. The van der Waals surface area contributed by atoms with Crippen molar-refractivity contribution in [3.8, 4) is 6.07 Å². The molecule has 1 amide bonds. The summed E-state index contributed by atoms with van der Waals surface area (Å²) in [6.45, 7) is 1.70. The number of methoxy groups -OCH3 is 1. The van der Waals surface area contributed by atoms with Crippen LogP contribution in [0.2, 0.25) is 0 Å². The highest BCUT2D eigenvalue weighted by Gasteiger charge is 2.13. The van der Waals surface area contributed by atoms with Crippen molar-refractivity contribution in [3.63, 3.8) is 0 Å². The molecular formula is C13H19N5O2. The first kappa shape index (κ1) is 15.9. The van der Waals surface area contributed by atoms with E-state index in [4.69, 9.17) is 10.00 Å². The molecule has 0 radical (unpaired) electrons.